The van der Waals surface area contributed by atoms with Crippen LogP contribution in [0.25, 0.3) is 0 Å². The Bertz CT molecular complexity index is 687. The quantitative estimate of drug-likeness (QED) is 0.668. The summed E-state index contributed by atoms with van der Waals surface area (Å²) in [5.74, 6) is -1.04. The smallest absolute Gasteiger partial charge is 0.342 e. The van der Waals surface area contributed by atoms with Gasteiger partial charge in [-0.3, -0.25) is 14.9 Å². The number of hydrogen-bond acceptors (Lipinski definition) is 5. The van der Waals surface area contributed by atoms with Crippen molar-refractivity contribution in [2.24, 2.45) is 17.6 Å². The van der Waals surface area contributed by atoms with Crippen LogP contribution in [0.1, 0.15) is 85.3 Å². The molecular formula is C20H30N2O5. The molecule has 150 valence electrons. The number of rotatable bonds is 8. The molecule has 7 heteroatoms. The lowest BCUT2D eigenvalue weighted by Crippen LogP contribution is -2.28. The average molecular weight is 378 g/mol. The number of carbonyl (C=O) groups is 3. The number of aryl methyl sites for hydroxylation is 1. The van der Waals surface area contributed by atoms with Crippen molar-refractivity contribution in [2.75, 3.05) is 11.9 Å². The molecule has 0 bridgehead atoms. The maximum atomic E-state index is 12.6. The highest BCUT2D eigenvalue weighted by molar-refractivity contribution is 6.10. The van der Waals surface area contributed by atoms with E-state index in [0.29, 0.717) is 5.92 Å². The molecular weight excluding hydrogens is 348 g/mol. The normalized spacial score (nSPS) is 19.5. The van der Waals surface area contributed by atoms with Crippen LogP contribution in [0, 0.1) is 18.8 Å². The first-order valence-corrected chi connectivity index (χ1v) is 9.80. The second-order valence-corrected chi connectivity index (χ2v) is 7.17. The lowest BCUT2D eigenvalue weighted by Gasteiger charge is -2.27. The van der Waals surface area contributed by atoms with Crippen LogP contribution < -0.4 is 11.1 Å². The van der Waals surface area contributed by atoms with Gasteiger partial charge in [0.1, 0.15) is 16.9 Å². The van der Waals surface area contributed by atoms with Gasteiger partial charge in [0, 0.05) is 5.92 Å². The fraction of sp³-hybridized carbons (Fsp3) is 0.650. The standard InChI is InChI=1S/C20H30N2O5/c1-4-6-7-13-8-10-14(11-9-13)18(24)22-19-16(17(21)23)15(12(3)27-19)20(25)26-5-2/h13-14H,4-11H2,1-3H3,(H2,21,23)(H,22,24). The van der Waals surface area contributed by atoms with Gasteiger partial charge in [-0.05, 0) is 45.4 Å². The van der Waals surface area contributed by atoms with Crippen LogP contribution in [-0.4, -0.2) is 24.4 Å². The first-order chi connectivity index (χ1) is 12.9. The highest BCUT2D eigenvalue weighted by Crippen LogP contribution is 2.34. The molecule has 3 N–H and O–H groups in total. The van der Waals surface area contributed by atoms with Gasteiger partial charge < -0.3 is 14.9 Å². The van der Waals surface area contributed by atoms with E-state index in [1.165, 1.54) is 26.2 Å². The fourth-order valence-electron chi connectivity index (χ4n) is 3.74. The molecule has 1 heterocycles. The number of hydrogen-bond donors (Lipinski definition) is 2. The van der Waals surface area contributed by atoms with Crippen molar-refractivity contribution in [1.29, 1.82) is 0 Å². The monoisotopic (exact) mass is 378 g/mol. The van der Waals surface area contributed by atoms with E-state index in [0.717, 1.165) is 25.7 Å². The topological polar surface area (TPSA) is 112 Å². The number of primary amides is 1. The van der Waals surface area contributed by atoms with Crippen LogP contribution >= 0.6 is 0 Å². The molecule has 1 saturated carbocycles. The van der Waals surface area contributed by atoms with Crippen LogP contribution in [0.15, 0.2) is 4.42 Å². The third-order valence-electron chi connectivity index (χ3n) is 5.23. The molecule has 2 rings (SSSR count). The summed E-state index contributed by atoms with van der Waals surface area (Å²) in [6.07, 6.45) is 7.34. The Hall–Kier alpha value is -2.31. The molecule has 0 aromatic carbocycles. The fourth-order valence-corrected chi connectivity index (χ4v) is 3.74. The van der Waals surface area contributed by atoms with Crippen molar-refractivity contribution in [2.45, 2.75) is 65.7 Å². The lowest BCUT2D eigenvalue weighted by atomic mass is 9.79. The zero-order valence-corrected chi connectivity index (χ0v) is 16.4. The molecule has 0 radical (unpaired) electrons. The van der Waals surface area contributed by atoms with Crippen molar-refractivity contribution < 1.29 is 23.5 Å². The van der Waals surface area contributed by atoms with Gasteiger partial charge in [-0.1, -0.05) is 26.2 Å². The molecule has 7 nitrogen and oxygen atoms in total. The third kappa shape index (κ3) is 5.11. The summed E-state index contributed by atoms with van der Waals surface area (Å²) in [5, 5.41) is 2.66. The number of unbranched alkanes of at least 4 members (excludes halogenated alkanes) is 1. The molecule has 0 unspecified atom stereocenters. The maximum absolute atomic E-state index is 12.6. The van der Waals surface area contributed by atoms with Gasteiger partial charge in [0.15, 0.2) is 0 Å². The summed E-state index contributed by atoms with van der Waals surface area (Å²) in [6, 6.07) is 0. The van der Waals surface area contributed by atoms with Crippen molar-refractivity contribution in [3.8, 4) is 0 Å². The number of nitrogens with two attached hydrogens (primary N) is 1. The Morgan fingerprint density at radius 3 is 2.37 bits per heavy atom. The first-order valence-electron chi connectivity index (χ1n) is 9.80. The van der Waals surface area contributed by atoms with Gasteiger partial charge in [0.25, 0.3) is 5.91 Å². The van der Waals surface area contributed by atoms with Crippen LogP contribution in [0.4, 0.5) is 5.88 Å². The van der Waals surface area contributed by atoms with Crippen molar-refractivity contribution in [1.82, 2.24) is 0 Å². The van der Waals surface area contributed by atoms with Crippen molar-refractivity contribution >= 4 is 23.7 Å². The Balaban J connectivity index is 2.09. The van der Waals surface area contributed by atoms with Gasteiger partial charge in [0.2, 0.25) is 11.8 Å². The Morgan fingerprint density at radius 1 is 1.15 bits per heavy atom. The molecule has 0 saturated heterocycles. The van der Waals surface area contributed by atoms with Gasteiger partial charge >= 0.3 is 5.97 Å². The zero-order chi connectivity index (χ0) is 20.0. The highest BCUT2D eigenvalue weighted by atomic mass is 16.5. The third-order valence-corrected chi connectivity index (χ3v) is 5.23. The second-order valence-electron chi connectivity index (χ2n) is 7.17. The Labute approximate surface area is 160 Å². The Kier molecular flexibility index (Phi) is 7.45. The molecule has 27 heavy (non-hydrogen) atoms. The van der Waals surface area contributed by atoms with Gasteiger partial charge in [-0.15, -0.1) is 0 Å². The lowest BCUT2D eigenvalue weighted by molar-refractivity contribution is -0.121. The summed E-state index contributed by atoms with van der Waals surface area (Å²) in [7, 11) is 0. The van der Waals surface area contributed by atoms with Gasteiger partial charge in [-0.25, -0.2) is 4.79 Å². The van der Waals surface area contributed by atoms with E-state index in [1.54, 1.807) is 6.92 Å². The summed E-state index contributed by atoms with van der Waals surface area (Å²) < 4.78 is 10.4. The van der Waals surface area contributed by atoms with Crippen molar-refractivity contribution in [3.05, 3.63) is 16.9 Å². The van der Waals surface area contributed by atoms with Crippen LogP contribution in [0.3, 0.4) is 0 Å². The predicted octanol–water partition coefficient (Wildman–Crippen LogP) is 3.80. The number of anilines is 1. The number of ether oxygens (including phenoxy) is 1. The minimum atomic E-state index is -0.839. The number of amides is 2. The zero-order valence-electron chi connectivity index (χ0n) is 16.4. The molecule has 1 aliphatic rings. The SMILES string of the molecule is CCCCC1CCC(C(=O)Nc2oc(C)c(C(=O)OCC)c2C(N)=O)CC1. The van der Waals surface area contributed by atoms with E-state index >= 15 is 0 Å². The Morgan fingerprint density at radius 2 is 1.81 bits per heavy atom. The molecule has 1 aromatic heterocycles. The number of nitrogens with one attached hydrogen (secondary N) is 1. The highest BCUT2D eigenvalue weighted by Gasteiger charge is 2.31. The number of furan rings is 1. The second kappa shape index (κ2) is 9.58. The van der Waals surface area contributed by atoms with E-state index in [4.69, 9.17) is 14.9 Å². The molecule has 0 atom stereocenters. The number of esters is 1. The van der Waals surface area contributed by atoms with Gasteiger partial charge in [0.05, 0.1) is 6.61 Å². The van der Waals surface area contributed by atoms with Crippen LogP contribution in [0.5, 0.6) is 0 Å². The van der Waals surface area contributed by atoms with E-state index in [-0.39, 0.29) is 41.2 Å². The maximum Gasteiger partial charge on any atom is 0.342 e. The molecule has 2 amide bonds. The van der Waals surface area contributed by atoms with E-state index in [2.05, 4.69) is 12.2 Å². The van der Waals surface area contributed by atoms with Crippen LogP contribution in [-0.2, 0) is 9.53 Å². The van der Waals surface area contributed by atoms with Gasteiger partial charge in [-0.2, -0.15) is 0 Å². The van der Waals surface area contributed by atoms with Crippen LogP contribution in [0.2, 0.25) is 0 Å². The molecule has 1 fully saturated rings. The predicted molar refractivity (Wildman–Crippen MR) is 102 cm³/mol. The summed E-state index contributed by atoms with van der Waals surface area (Å²) in [6.45, 7) is 5.54. The summed E-state index contributed by atoms with van der Waals surface area (Å²) in [5.41, 5.74) is 5.27. The molecule has 1 aromatic rings. The molecule has 0 spiro atoms. The average Bonchev–Trinajstić information content (AvgIpc) is 2.96. The summed E-state index contributed by atoms with van der Waals surface area (Å²) in [4.78, 5) is 36.6. The minimum absolute atomic E-state index is 0.0251. The van der Waals surface area contributed by atoms with E-state index in [9.17, 15) is 14.4 Å². The van der Waals surface area contributed by atoms with E-state index < -0.39 is 11.9 Å². The molecule has 1 aliphatic carbocycles. The first kappa shape index (κ1) is 21.0. The largest absolute Gasteiger partial charge is 0.462 e. The van der Waals surface area contributed by atoms with E-state index in [1.807, 2.05) is 0 Å². The number of carbonyl (C=O) groups excluding carboxylic acids is 3. The minimum Gasteiger partial charge on any atom is -0.462 e. The molecule has 0 aliphatic heterocycles. The summed E-state index contributed by atoms with van der Waals surface area (Å²) >= 11 is 0. The van der Waals surface area contributed by atoms with Crippen molar-refractivity contribution in [3.63, 3.8) is 0 Å².